The molecule has 0 atom stereocenters. The normalized spacial score (nSPS) is 8.79. The van der Waals surface area contributed by atoms with E-state index in [0.717, 1.165) is 31.6 Å². The van der Waals surface area contributed by atoms with Crippen LogP contribution in [0.15, 0.2) is 23.9 Å². The zero-order chi connectivity index (χ0) is 7.94. The molecule has 0 N–H and O–H groups in total. The van der Waals surface area contributed by atoms with Crippen molar-refractivity contribution < 1.29 is 55.5 Å². The van der Waals surface area contributed by atoms with Crippen LogP contribution in [0.4, 0.5) is 0 Å². The van der Waals surface area contributed by atoms with Gasteiger partial charge in [-0.15, -0.1) is 5.70 Å². The van der Waals surface area contributed by atoms with Crippen molar-refractivity contribution in [1.82, 2.24) is 0 Å². The Bertz CT molecular complexity index is 177. The Morgan fingerprint density at radius 3 is 2.00 bits per heavy atom. The van der Waals surface area contributed by atoms with E-state index in [9.17, 15) is 0 Å². The first-order valence-electron chi connectivity index (χ1n) is 4.12. The predicted octanol–water partition coefficient (Wildman–Crippen LogP) is -0.807. The molecule has 0 saturated heterocycles. The second-order valence-corrected chi connectivity index (χ2v) is 2.57. The van der Waals surface area contributed by atoms with Crippen molar-refractivity contribution in [3.8, 4) is 0 Å². The van der Waals surface area contributed by atoms with Crippen LogP contribution < -0.4 is 24.8 Å². The number of hydroxylamine groups is 1. The van der Waals surface area contributed by atoms with Crippen LogP contribution in [0.5, 0.6) is 0 Å². The minimum Gasteiger partial charge on any atom is -1.00 e. The van der Waals surface area contributed by atoms with Gasteiger partial charge in [-0.05, 0) is 12.8 Å². The van der Waals surface area contributed by atoms with Gasteiger partial charge in [-0.1, -0.05) is 31.6 Å². The van der Waals surface area contributed by atoms with Crippen LogP contribution in [-0.2, 0) is 30.7 Å². The van der Waals surface area contributed by atoms with Crippen LogP contribution in [0.1, 0.15) is 26.2 Å². The van der Waals surface area contributed by atoms with E-state index in [1.165, 1.54) is 0 Å². The number of unbranched alkanes of at least 4 members (excludes halogenated alkanes) is 1. The summed E-state index contributed by atoms with van der Waals surface area (Å²) >= 11 is 0. The molecular formula is C14H29Cl2HfNO-8. The minimum absolute atomic E-state index is 0. The van der Waals surface area contributed by atoms with Crippen LogP contribution >= 0.6 is 0 Å². The average Bonchev–Trinajstić information content (AvgIpc) is 2.50. The number of halogens is 2. The van der Waals surface area contributed by atoms with Crippen LogP contribution in [0.25, 0.3) is 5.48 Å². The number of allylic oxidation sites excluding steroid dienone is 3. The maximum Gasteiger partial charge on any atom is 0.0297 e. The topological polar surface area (TPSA) is 23.3 Å². The van der Waals surface area contributed by atoms with Gasteiger partial charge in [0.15, 0.2) is 0 Å². The number of hydrogen-bond acceptors (Lipinski definition) is 1. The summed E-state index contributed by atoms with van der Waals surface area (Å²) in [6.07, 6.45) is 9.22. The number of nitrogens with zero attached hydrogens (tertiary/aromatic N) is 1. The third-order valence-corrected chi connectivity index (χ3v) is 1.52. The molecule has 19 heavy (non-hydrogen) atoms. The van der Waals surface area contributed by atoms with Crippen LogP contribution in [-0.4, -0.2) is 6.61 Å². The molecule has 0 fully saturated rings. The molecule has 0 radical (unpaired) electrons. The van der Waals surface area contributed by atoms with Crippen molar-refractivity contribution in [2.45, 2.75) is 26.2 Å². The van der Waals surface area contributed by atoms with Gasteiger partial charge < -0.3 is 72.3 Å². The molecule has 0 amide bonds. The van der Waals surface area contributed by atoms with Crippen molar-refractivity contribution in [2.24, 2.45) is 0 Å². The van der Waals surface area contributed by atoms with Crippen molar-refractivity contribution in [3.05, 3.63) is 66.5 Å². The summed E-state index contributed by atoms with van der Waals surface area (Å²) in [7, 11) is 0. The van der Waals surface area contributed by atoms with E-state index in [1.807, 2.05) is 12.2 Å². The second kappa shape index (κ2) is 36.3. The van der Waals surface area contributed by atoms with Crippen LogP contribution in [0, 0.1) is 37.1 Å². The first-order chi connectivity index (χ1) is 5.43. The molecule has 0 spiro atoms. The molecule has 5 heteroatoms. The molecule has 2 nitrogen and oxygen atoms in total. The van der Waals surface area contributed by atoms with Gasteiger partial charge in [0.05, 0.1) is 0 Å². The molecule has 0 aliphatic heterocycles. The maximum atomic E-state index is 5.07. The number of rotatable bonds is 5. The first kappa shape index (κ1) is 50.3. The van der Waals surface area contributed by atoms with Crippen LogP contribution in [0.3, 0.4) is 0 Å². The Labute approximate surface area is 154 Å². The van der Waals surface area contributed by atoms with E-state index in [0.29, 0.717) is 0 Å². The van der Waals surface area contributed by atoms with Gasteiger partial charge in [0.1, 0.15) is 0 Å². The molecule has 0 aromatic heterocycles. The van der Waals surface area contributed by atoms with Gasteiger partial charge in [0.2, 0.25) is 0 Å². The summed E-state index contributed by atoms with van der Waals surface area (Å²) in [5.74, 6) is 0. The quantitative estimate of drug-likeness (QED) is 0.220. The Hall–Kier alpha value is 0.690. The fraction of sp³-hybridized carbons (Fsp3) is 0.357. The zero-order valence-corrected chi connectivity index (χ0v) is 18.3. The standard InChI is InChI=1S/C9H14NO.5CH3.2ClH.Hf/c1-2-3-8-11-10-9-6-4-5-7-9;;;;;;;;/h4-6H,2-3,7-8H2,1H3;5*1H3;2*1H;/q6*-1;;;/p-2. The van der Waals surface area contributed by atoms with E-state index in [-0.39, 0.29) is 87.8 Å². The molecule has 1 aliphatic carbocycles. The Morgan fingerprint density at radius 1 is 1.11 bits per heavy atom. The van der Waals surface area contributed by atoms with Gasteiger partial charge in [-0.3, -0.25) is 0 Å². The fourth-order valence-electron chi connectivity index (χ4n) is 0.841. The monoisotopic (exact) mass is 477 g/mol. The molecule has 0 aromatic carbocycles. The first-order valence-corrected chi connectivity index (χ1v) is 4.12. The molecular weight excluding hydrogens is 448 g/mol. The van der Waals surface area contributed by atoms with Crippen molar-refractivity contribution in [2.75, 3.05) is 6.61 Å². The smallest absolute Gasteiger partial charge is 0.0297 e. The summed E-state index contributed by atoms with van der Waals surface area (Å²) in [5.41, 5.74) is 4.99. The summed E-state index contributed by atoms with van der Waals surface area (Å²) in [6.45, 7) is 2.88. The second-order valence-electron chi connectivity index (χ2n) is 2.57. The van der Waals surface area contributed by atoms with Crippen molar-refractivity contribution >= 4 is 0 Å². The molecule has 122 valence electrons. The average molecular weight is 477 g/mol. The predicted molar refractivity (Wildman–Crippen MR) is 78.1 cm³/mol. The molecule has 1 aliphatic rings. The van der Waals surface area contributed by atoms with Gasteiger partial charge in [-0.25, -0.2) is 0 Å². The van der Waals surface area contributed by atoms with E-state index < -0.39 is 0 Å². The largest absolute Gasteiger partial charge is 1.00 e. The third-order valence-electron chi connectivity index (χ3n) is 1.52. The SMILES string of the molecule is CCCCO[N-]C1=CC=CC1.[CH3-].[CH3-].[CH3-].[CH3-].[CH3-].[Cl-].[Cl-].[Hf]. The van der Waals surface area contributed by atoms with Crippen molar-refractivity contribution in [3.63, 3.8) is 0 Å². The summed E-state index contributed by atoms with van der Waals surface area (Å²) in [4.78, 5) is 5.07. The van der Waals surface area contributed by atoms with Gasteiger partial charge in [0.25, 0.3) is 0 Å². The molecule has 1 rings (SSSR count). The molecule has 0 bridgehead atoms. The Morgan fingerprint density at radius 2 is 1.63 bits per heavy atom. The summed E-state index contributed by atoms with van der Waals surface area (Å²) in [6, 6.07) is 0. The van der Waals surface area contributed by atoms with Gasteiger partial charge in [0, 0.05) is 32.5 Å². The Balaban J connectivity index is -0.0000000252. The van der Waals surface area contributed by atoms with Gasteiger partial charge in [-0.2, -0.15) is 0 Å². The molecule has 0 heterocycles. The molecule has 0 saturated carbocycles. The van der Waals surface area contributed by atoms with Gasteiger partial charge >= 0.3 is 0 Å². The third kappa shape index (κ3) is 27.8. The van der Waals surface area contributed by atoms with E-state index in [1.54, 1.807) is 0 Å². The summed E-state index contributed by atoms with van der Waals surface area (Å²) in [5, 5.41) is 0. The molecule has 0 aromatic rings. The minimum atomic E-state index is 0. The number of hydrogen-bond donors (Lipinski definition) is 0. The van der Waals surface area contributed by atoms with Crippen molar-refractivity contribution in [1.29, 1.82) is 0 Å². The zero-order valence-electron chi connectivity index (χ0n) is 13.2. The Kier molecular flexibility index (Phi) is 96.2. The summed E-state index contributed by atoms with van der Waals surface area (Å²) < 4.78 is 0. The maximum absolute atomic E-state index is 5.07. The van der Waals surface area contributed by atoms with E-state index in [2.05, 4.69) is 18.5 Å². The van der Waals surface area contributed by atoms with Crippen LogP contribution in [0.2, 0.25) is 0 Å². The van der Waals surface area contributed by atoms with E-state index in [4.69, 9.17) is 4.84 Å². The fourth-order valence-corrected chi connectivity index (χ4v) is 0.841. The molecule has 0 unspecified atom stereocenters. The van der Waals surface area contributed by atoms with E-state index >= 15 is 0 Å².